The van der Waals surface area contributed by atoms with E-state index in [4.69, 9.17) is 5.73 Å². The molecule has 0 aliphatic heterocycles. The molecule has 0 saturated carbocycles. The van der Waals surface area contributed by atoms with E-state index in [0.717, 1.165) is 25.8 Å². The van der Waals surface area contributed by atoms with Crippen molar-refractivity contribution in [3.8, 4) is 17.1 Å². The molecule has 0 unspecified atom stereocenters. The molecule has 0 aliphatic carbocycles. The average Bonchev–Trinajstić information content (AvgIpc) is 2.94. The van der Waals surface area contributed by atoms with Crippen LogP contribution in [0.1, 0.15) is 5.56 Å². The summed E-state index contributed by atoms with van der Waals surface area (Å²) >= 11 is 7.03. The number of hydrogen-bond donors (Lipinski definition) is 1. The molecule has 1 aromatic heterocycles. The number of aromatic nitrogens is 4. The van der Waals surface area contributed by atoms with Crippen LogP contribution >= 0.6 is 31.9 Å². The van der Waals surface area contributed by atoms with Gasteiger partial charge in [0.15, 0.2) is 5.82 Å². The average molecular weight is 409 g/mol. The largest absolute Gasteiger partial charge is 0.398 e. The number of nitrogens with two attached hydrogens (primary N) is 1. The smallest absolute Gasteiger partial charge is 0.188 e. The lowest BCUT2D eigenvalue weighted by Crippen LogP contribution is -2.03. The molecular formula is C14H11Br2N5. The van der Waals surface area contributed by atoms with Crippen molar-refractivity contribution in [3.63, 3.8) is 0 Å². The summed E-state index contributed by atoms with van der Waals surface area (Å²) in [6.07, 6.45) is 0. The van der Waals surface area contributed by atoms with Crippen molar-refractivity contribution in [2.45, 2.75) is 6.92 Å². The van der Waals surface area contributed by atoms with Crippen LogP contribution in [0.2, 0.25) is 0 Å². The fourth-order valence-corrected chi connectivity index (χ4v) is 2.86. The SMILES string of the molecule is Cc1c(Br)cccc1-n1nnnc1-c1cccc(N)c1Br. The Kier molecular flexibility index (Phi) is 3.77. The summed E-state index contributed by atoms with van der Waals surface area (Å²) in [5.41, 5.74) is 9.41. The number of nitrogen functional groups attached to an aromatic ring is 1. The first-order valence-corrected chi connectivity index (χ1v) is 7.76. The van der Waals surface area contributed by atoms with Crippen LogP contribution in [0.5, 0.6) is 0 Å². The summed E-state index contributed by atoms with van der Waals surface area (Å²) in [6.45, 7) is 2.01. The van der Waals surface area contributed by atoms with E-state index < -0.39 is 0 Å². The molecule has 0 radical (unpaired) electrons. The zero-order valence-corrected chi connectivity index (χ0v) is 14.3. The molecule has 0 aliphatic rings. The second-order valence-corrected chi connectivity index (χ2v) is 6.15. The van der Waals surface area contributed by atoms with E-state index in [1.165, 1.54) is 0 Å². The van der Waals surface area contributed by atoms with Crippen molar-refractivity contribution in [2.24, 2.45) is 0 Å². The first-order valence-electron chi connectivity index (χ1n) is 6.18. The Morgan fingerprint density at radius 3 is 2.67 bits per heavy atom. The van der Waals surface area contributed by atoms with Crippen LogP contribution in [0.3, 0.4) is 0 Å². The van der Waals surface area contributed by atoms with Crippen molar-refractivity contribution in [1.82, 2.24) is 20.2 Å². The van der Waals surface area contributed by atoms with Gasteiger partial charge in [-0.25, -0.2) is 0 Å². The number of nitrogens with zero attached hydrogens (tertiary/aromatic N) is 4. The Labute approximate surface area is 138 Å². The number of anilines is 1. The van der Waals surface area contributed by atoms with Gasteiger partial charge in [-0.3, -0.25) is 0 Å². The fraction of sp³-hybridized carbons (Fsp3) is 0.0714. The Bertz CT molecular complexity index is 747. The maximum absolute atomic E-state index is 5.94. The van der Waals surface area contributed by atoms with Crippen molar-refractivity contribution >= 4 is 37.5 Å². The highest BCUT2D eigenvalue weighted by molar-refractivity contribution is 9.11. The van der Waals surface area contributed by atoms with Gasteiger partial charge in [0.2, 0.25) is 0 Å². The summed E-state index contributed by atoms with van der Waals surface area (Å²) in [5.74, 6) is 0.635. The molecule has 106 valence electrons. The van der Waals surface area contributed by atoms with E-state index >= 15 is 0 Å². The highest BCUT2D eigenvalue weighted by atomic mass is 79.9. The van der Waals surface area contributed by atoms with Gasteiger partial charge < -0.3 is 5.73 Å². The van der Waals surface area contributed by atoms with Gasteiger partial charge in [-0.1, -0.05) is 28.1 Å². The second-order valence-electron chi connectivity index (χ2n) is 4.51. The Balaban J connectivity index is 2.22. The van der Waals surface area contributed by atoms with E-state index in [2.05, 4.69) is 47.4 Å². The van der Waals surface area contributed by atoms with Gasteiger partial charge in [-0.05, 0) is 63.1 Å². The number of halogens is 2. The summed E-state index contributed by atoms with van der Waals surface area (Å²) in [4.78, 5) is 0. The summed E-state index contributed by atoms with van der Waals surface area (Å²) in [6, 6.07) is 11.5. The minimum atomic E-state index is 0.635. The molecule has 0 fully saturated rings. The van der Waals surface area contributed by atoms with Gasteiger partial charge in [-0.2, -0.15) is 4.68 Å². The number of benzene rings is 2. The van der Waals surface area contributed by atoms with Crippen LogP contribution in [0.4, 0.5) is 5.69 Å². The Morgan fingerprint density at radius 2 is 1.86 bits per heavy atom. The van der Waals surface area contributed by atoms with Crippen molar-refractivity contribution < 1.29 is 0 Å². The lowest BCUT2D eigenvalue weighted by Gasteiger charge is -2.10. The monoisotopic (exact) mass is 407 g/mol. The molecule has 1 heterocycles. The zero-order valence-electron chi connectivity index (χ0n) is 11.1. The fourth-order valence-electron chi connectivity index (χ4n) is 2.07. The summed E-state index contributed by atoms with van der Waals surface area (Å²) in [7, 11) is 0. The van der Waals surface area contributed by atoms with Crippen LogP contribution in [0, 0.1) is 6.92 Å². The maximum Gasteiger partial charge on any atom is 0.188 e. The van der Waals surface area contributed by atoms with Gasteiger partial charge in [0.1, 0.15) is 0 Å². The molecule has 0 amide bonds. The van der Waals surface area contributed by atoms with E-state index in [-0.39, 0.29) is 0 Å². The molecular weight excluding hydrogens is 398 g/mol. The third-order valence-corrected chi connectivity index (χ3v) is 4.95. The van der Waals surface area contributed by atoms with E-state index in [1.807, 2.05) is 43.3 Å². The number of hydrogen-bond acceptors (Lipinski definition) is 4. The third kappa shape index (κ3) is 2.47. The molecule has 2 aromatic carbocycles. The molecule has 0 spiro atoms. The van der Waals surface area contributed by atoms with Gasteiger partial charge >= 0.3 is 0 Å². The highest BCUT2D eigenvalue weighted by Crippen LogP contribution is 2.33. The van der Waals surface area contributed by atoms with Crippen LogP contribution in [0.15, 0.2) is 45.3 Å². The van der Waals surface area contributed by atoms with Gasteiger partial charge in [0.05, 0.1) is 10.2 Å². The van der Waals surface area contributed by atoms with Crippen LogP contribution in [-0.4, -0.2) is 20.2 Å². The maximum atomic E-state index is 5.94. The highest BCUT2D eigenvalue weighted by Gasteiger charge is 2.16. The lowest BCUT2D eigenvalue weighted by atomic mass is 10.1. The van der Waals surface area contributed by atoms with Crippen molar-refractivity contribution in [1.29, 1.82) is 0 Å². The van der Waals surface area contributed by atoms with E-state index in [0.29, 0.717) is 11.5 Å². The molecule has 5 nitrogen and oxygen atoms in total. The molecule has 0 saturated heterocycles. The first kappa shape index (κ1) is 14.2. The van der Waals surface area contributed by atoms with Crippen LogP contribution in [0.25, 0.3) is 17.1 Å². The lowest BCUT2D eigenvalue weighted by molar-refractivity contribution is 0.787. The zero-order chi connectivity index (χ0) is 15.0. The molecule has 21 heavy (non-hydrogen) atoms. The molecule has 3 rings (SSSR count). The number of rotatable bonds is 2. The molecule has 0 atom stereocenters. The van der Waals surface area contributed by atoms with Gasteiger partial charge in [0.25, 0.3) is 0 Å². The van der Waals surface area contributed by atoms with E-state index in [9.17, 15) is 0 Å². The summed E-state index contributed by atoms with van der Waals surface area (Å²) < 4.78 is 3.50. The summed E-state index contributed by atoms with van der Waals surface area (Å²) in [5, 5.41) is 12.0. The minimum absolute atomic E-state index is 0.635. The molecule has 7 heteroatoms. The third-order valence-electron chi connectivity index (χ3n) is 3.21. The molecule has 0 bridgehead atoms. The normalized spacial score (nSPS) is 10.8. The van der Waals surface area contributed by atoms with Crippen LogP contribution in [-0.2, 0) is 0 Å². The van der Waals surface area contributed by atoms with Crippen molar-refractivity contribution in [2.75, 3.05) is 5.73 Å². The van der Waals surface area contributed by atoms with Gasteiger partial charge in [-0.15, -0.1) is 5.10 Å². The van der Waals surface area contributed by atoms with Crippen molar-refractivity contribution in [3.05, 3.63) is 50.9 Å². The minimum Gasteiger partial charge on any atom is -0.398 e. The van der Waals surface area contributed by atoms with Gasteiger partial charge in [0, 0.05) is 15.7 Å². The Hall–Kier alpha value is -1.73. The topological polar surface area (TPSA) is 69.6 Å². The molecule has 2 N–H and O–H groups in total. The first-order chi connectivity index (χ1) is 10.1. The quantitative estimate of drug-likeness (QED) is 0.655. The Morgan fingerprint density at radius 1 is 1.10 bits per heavy atom. The number of tetrazole rings is 1. The predicted molar refractivity (Wildman–Crippen MR) is 89.1 cm³/mol. The standard InChI is InChI=1S/C14H11Br2N5/c1-8-10(15)5-3-7-12(8)21-14(18-19-20-21)9-4-2-6-11(17)13(9)16/h2-7H,17H2,1H3. The van der Waals surface area contributed by atoms with E-state index in [1.54, 1.807) is 4.68 Å². The van der Waals surface area contributed by atoms with Crippen LogP contribution < -0.4 is 5.73 Å². The second kappa shape index (κ2) is 5.57. The predicted octanol–water partition coefficient (Wildman–Crippen LogP) is 3.74. The molecule has 3 aromatic rings.